The third-order valence-electron chi connectivity index (χ3n) is 6.10. The van der Waals surface area contributed by atoms with E-state index in [2.05, 4.69) is 0 Å². The third-order valence-corrected chi connectivity index (χ3v) is 6.84. The number of methoxy groups -OCH3 is 1. The van der Waals surface area contributed by atoms with Gasteiger partial charge in [-0.1, -0.05) is 47.5 Å². The van der Waals surface area contributed by atoms with E-state index in [1.807, 2.05) is 0 Å². The van der Waals surface area contributed by atoms with Gasteiger partial charge in [0.15, 0.2) is 5.43 Å². The lowest BCUT2D eigenvalue weighted by Crippen LogP contribution is -2.44. The minimum absolute atomic E-state index is 0.0739. The number of amides is 2. The molecule has 0 aliphatic carbocycles. The fourth-order valence-corrected chi connectivity index (χ4v) is 4.30. The summed E-state index contributed by atoms with van der Waals surface area (Å²) in [4.78, 5) is 42.9. The van der Waals surface area contributed by atoms with Crippen LogP contribution in [0, 0.1) is 5.82 Å². The van der Waals surface area contributed by atoms with Crippen LogP contribution >= 0.6 is 23.2 Å². The van der Waals surface area contributed by atoms with Gasteiger partial charge in [0.1, 0.15) is 17.9 Å². The monoisotopic (exact) mass is 570 g/mol. The molecule has 2 amide bonds. The summed E-state index contributed by atoms with van der Waals surface area (Å²) in [7, 11) is 1.49. The normalized spacial score (nSPS) is 11.0. The summed E-state index contributed by atoms with van der Waals surface area (Å²) < 4.78 is 24.3. The van der Waals surface area contributed by atoms with Crippen molar-refractivity contribution in [2.24, 2.45) is 0 Å². The Morgan fingerprint density at radius 1 is 0.949 bits per heavy atom. The number of rotatable bonds is 10. The van der Waals surface area contributed by atoms with Crippen LogP contribution in [0.1, 0.15) is 21.5 Å². The fourth-order valence-electron chi connectivity index (χ4n) is 4.00. The highest BCUT2D eigenvalue weighted by atomic mass is 35.5. The summed E-state index contributed by atoms with van der Waals surface area (Å²) in [6.07, 6.45) is 1.33. The van der Waals surface area contributed by atoms with Gasteiger partial charge in [-0.2, -0.15) is 0 Å². The molecule has 10 heteroatoms. The number of ether oxygens (including phenoxy) is 1. The minimum Gasteiger partial charge on any atom is -0.464 e. The number of benzene rings is 3. The Morgan fingerprint density at radius 3 is 2.41 bits per heavy atom. The van der Waals surface area contributed by atoms with Crippen LogP contribution in [0.4, 0.5) is 4.39 Å². The molecule has 0 unspecified atom stereocenters. The first-order valence-electron chi connectivity index (χ1n) is 12.0. The van der Waals surface area contributed by atoms with Crippen molar-refractivity contribution in [3.8, 4) is 0 Å². The van der Waals surface area contributed by atoms with Gasteiger partial charge >= 0.3 is 0 Å². The summed E-state index contributed by atoms with van der Waals surface area (Å²) in [6.45, 7) is 0.00581. The number of hydrogen-bond acceptors (Lipinski definition) is 5. The standard InChI is InChI=1S/C29H25Cl2FN2O5/c1-38-13-12-33(29(37)20-8-11-24(30)25(31)14-20)17-27(35)34(15-19-6-9-22(32)10-7-19)16-21-18-39-26-5-3-2-4-23(26)28(21)36/h2-11,14,18H,12-13,15-17H2,1H3. The maximum atomic E-state index is 13.7. The van der Waals surface area contributed by atoms with Gasteiger partial charge in [0.05, 0.1) is 40.4 Å². The lowest BCUT2D eigenvalue weighted by molar-refractivity contribution is -0.133. The van der Waals surface area contributed by atoms with Crippen LogP contribution in [-0.4, -0.2) is 48.4 Å². The van der Waals surface area contributed by atoms with Crippen molar-refractivity contribution in [2.45, 2.75) is 13.1 Å². The van der Waals surface area contributed by atoms with Crippen LogP contribution in [0.15, 0.2) is 82.2 Å². The van der Waals surface area contributed by atoms with Crippen LogP contribution in [0.25, 0.3) is 11.0 Å². The van der Waals surface area contributed by atoms with Crippen molar-refractivity contribution in [3.63, 3.8) is 0 Å². The number of hydrogen-bond donors (Lipinski definition) is 0. The van der Waals surface area contributed by atoms with Crippen molar-refractivity contribution in [1.29, 1.82) is 0 Å². The molecule has 0 N–H and O–H groups in total. The molecule has 39 heavy (non-hydrogen) atoms. The highest BCUT2D eigenvalue weighted by Crippen LogP contribution is 2.23. The molecule has 0 aliphatic heterocycles. The lowest BCUT2D eigenvalue weighted by atomic mass is 10.1. The van der Waals surface area contributed by atoms with E-state index in [9.17, 15) is 18.8 Å². The highest BCUT2D eigenvalue weighted by molar-refractivity contribution is 6.42. The van der Waals surface area contributed by atoms with Crippen molar-refractivity contribution in [2.75, 3.05) is 26.8 Å². The maximum Gasteiger partial charge on any atom is 0.254 e. The van der Waals surface area contributed by atoms with Crippen LogP contribution in [0.3, 0.4) is 0 Å². The van der Waals surface area contributed by atoms with E-state index in [4.69, 9.17) is 32.4 Å². The van der Waals surface area contributed by atoms with E-state index in [-0.39, 0.29) is 54.4 Å². The van der Waals surface area contributed by atoms with Gasteiger partial charge < -0.3 is 19.0 Å². The van der Waals surface area contributed by atoms with E-state index >= 15 is 0 Å². The average molecular weight is 571 g/mol. The molecule has 3 aromatic carbocycles. The summed E-state index contributed by atoms with van der Waals surface area (Å²) in [5.74, 6) is -1.29. The molecular formula is C29H25Cl2FN2O5. The SMILES string of the molecule is COCCN(CC(=O)N(Cc1ccc(F)cc1)Cc1coc2ccccc2c1=O)C(=O)c1ccc(Cl)c(Cl)c1. The highest BCUT2D eigenvalue weighted by Gasteiger charge is 2.24. The molecule has 4 rings (SSSR count). The van der Waals surface area contributed by atoms with E-state index in [1.54, 1.807) is 36.4 Å². The second kappa shape index (κ2) is 12.9. The number of carbonyl (C=O) groups excluding carboxylic acids is 2. The quantitative estimate of drug-likeness (QED) is 0.249. The number of nitrogens with zero attached hydrogens (tertiary/aromatic N) is 2. The van der Waals surface area contributed by atoms with E-state index in [0.29, 0.717) is 21.6 Å². The Balaban J connectivity index is 1.63. The predicted molar refractivity (Wildman–Crippen MR) is 147 cm³/mol. The van der Waals surface area contributed by atoms with Crippen molar-refractivity contribution >= 4 is 46.0 Å². The van der Waals surface area contributed by atoms with Gasteiger partial charge in [-0.25, -0.2) is 4.39 Å². The minimum atomic E-state index is -0.439. The molecule has 0 saturated heterocycles. The van der Waals surface area contributed by atoms with Crippen LogP contribution in [0.2, 0.25) is 10.0 Å². The van der Waals surface area contributed by atoms with Crippen molar-refractivity contribution in [1.82, 2.24) is 9.80 Å². The second-order valence-corrected chi connectivity index (χ2v) is 9.63. The smallest absolute Gasteiger partial charge is 0.254 e. The van der Waals surface area contributed by atoms with Gasteiger partial charge in [-0.3, -0.25) is 14.4 Å². The fraction of sp³-hybridized carbons (Fsp3) is 0.207. The van der Waals surface area contributed by atoms with Gasteiger partial charge in [-0.15, -0.1) is 0 Å². The van der Waals surface area contributed by atoms with Gasteiger partial charge in [0.25, 0.3) is 5.91 Å². The van der Waals surface area contributed by atoms with E-state index in [1.165, 1.54) is 53.5 Å². The van der Waals surface area contributed by atoms with Gasteiger partial charge in [-0.05, 0) is 48.0 Å². The molecule has 202 valence electrons. The second-order valence-electron chi connectivity index (χ2n) is 8.81. The van der Waals surface area contributed by atoms with E-state index < -0.39 is 17.6 Å². The number of carbonyl (C=O) groups is 2. The molecule has 7 nitrogen and oxygen atoms in total. The summed E-state index contributed by atoms with van der Waals surface area (Å²) in [5, 5.41) is 0.898. The zero-order valence-electron chi connectivity index (χ0n) is 21.0. The first kappa shape index (κ1) is 28.3. The largest absolute Gasteiger partial charge is 0.464 e. The first-order chi connectivity index (χ1) is 18.8. The third kappa shape index (κ3) is 7.03. The first-order valence-corrected chi connectivity index (χ1v) is 12.8. The molecular weight excluding hydrogens is 546 g/mol. The van der Waals surface area contributed by atoms with Gasteiger partial charge in [0, 0.05) is 25.8 Å². The molecule has 0 aliphatic rings. The van der Waals surface area contributed by atoms with Crippen LogP contribution < -0.4 is 5.43 Å². The number of para-hydroxylation sites is 1. The summed E-state index contributed by atoms with van der Waals surface area (Å²) in [6, 6.07) is 17.0. The van der Waals surface area contributed by atoms with Crippen molar-refractivity contribution < 1.29 is 23.1 Å². The van der Waals surface area contributed by atoms with Crippen LogP contribution in [-0.2, 0) is 22.6 Å². The molecule has 0 atom stereocenters. The molecule has 0 saturated carbocycles. The molecule has 0 fully saturated rings. The Kier molecular flexibility index (Phi) is 9.35. The van der Waals surface area contributed by atoms with Crippen LogP contribution in [0.5, 0.6) is 0 Å². The average Bonchev–Trinajstić information content (AvgIpc) is 2.94. The molecule has 4 aromatic rings. The van der Waals surface area contributed by atoms with Gasteiger partial charge in [0.2, 0.25) is 5.91 Å². The zero-order valence-corrected chi connectivity index (χ0v) is 22.5. The maximum absolute atomic E-state index is 13.7. The van der Waals surface area contributed by atoms with E-state index in [0.717, 1.165) is 0 Å². The molecule has 0 bridgehead atoms. The Hall–Kier alpha value is -3.72. The topological polar surface area (TPSA) is 80.1 Å². The number of fused-ring (bicyclic) bond motifs is 1. The molecule has 0 spiro atoms. The van der Waals surface area contributed by atoms with Crippen molar-refractivity contribution in [3.05, 3.63) is 116 Å². The Bertz CT molecular complexity index is 1540. The predicted octanol–water partition coefficient (Wildman–Crippen LogP) is 5.56. The Labute approximate surface area is 234 Å². The molecule has 1 heterocycles. The lowest BCUT2D eigenvalue weighted by Gasteiger charge is -2.28. The number of halogens is 3. The summed E-state index contributed by atoms with van der Waals surface area (Å²) in [5.41, 5.74) is 1.34. The zero-order chi connectivity index (χ0) is 27.9. The molecule has 1 aromatic heterocycles. The Morgan fingerprint density at radius 2 is 1.69 bits per heavy atom. The molecule has 0 radical (unpaired) electrons. The summed E-state index contributed by atoms with van der Waals surface area (Å²) >= 11 is 12.1.